The van der Waals surface area contributed by atoms with Crippen molar-refractivity contribution in [1.29, 1.82) is 0 Å². The Bertz CT molecular complexity index is 481. The summed E-state index contributed by atoms with van der Waals surface area (Å²) in [6, 6.07) is 8.98. The van der Waals surface area contributed by atoms with Crippen LogP contribution >= 0.6 is 0 Å². The van der Waals surface area contributed by atoms with E-state index in [0.29, 0.717) is 0 Å². The molecule has 2 N–H and O–H groups in total. The van der Waals surface area contributed by atoms with Crippen LogP contribution in [0.3, 0.4) is 0 Å². The third kappa shape index (κ3) is 4.29. The molecule has 0 aromatic heterocycles. The monoisotopic (exact) mass is 287 g/mol. The van der Waals surface area contributed by atoms with E-state index in [2.05, 4.69) is 27.7 Å². The van der Waals surface area contributed by atoms with E-state index in [4.69, 9.17) is 0 Å². The van der Waals surface area contributed by atoms with Gasteiger partial charge in [0.05, 0.1) is 0 Å². The molecule has 1 atom stereocenters. The first kappa shape index (κ1) is 14.5. The SMILES string of the molecule is CC(=O)Nc1ccc(CNCC2CCN(C3CC3)C2)cc1. The molecule has 2 aliphatic rings. The molecule has 21 heavy (non-hydrogen) atoms. The fraction of sp³-hybridized carbons (Fsp3) is 0.588. The van der Waals surface area contributed by atoms with Crippen LogP contribution in [0.1, 0.15) is 31.7 Å². The normalized spacial score (nSPS) is 22.4. The zero-order valence-corrected chi connectivity index (χ0v) is 12.8. The lowest BCUT2D eigenvalue weighted by atomic mass is 10.1. The third-order valence-electron chi connectivity index (χ3n) is 4.42. The largest absolute Gasteiger partial charge is 0.326 e. The predicted molar refractivity (Wildman–Crippen MR) is 85.2 cm³/mol. The van der Waals surface area contributed by atoms with Gasteiger partial charge in [-0.15, -0.1) is 0 Å². The van der Waals surface area contributed by atoms with Crippen LogP contribution in [0.25, 0.3) is 0 Å². The number of hydrogen-bond acceptors (Lipinski definition) is 3. The summed E-state index contributed by atoms with van der Waals surface area (Å²) in [5, 5.41) is 6.36. The van der Waals surface area contributed by atoms with Crippen molar-refractivity contribution in [1.82, 2.24) is 10.2 Å². The van der Waals surface area contributed by atoms with Gasteiger partial charge in [0, 0.05) is 31.7 Å². The number of nitrogens with one attached hydrogen (secondary N) is 2. The van der Waals surface area contributed by atoms with Gasteiger partial charge in [-0.1, -0.05) is 12.1 Å². The predicted octanol–water partition coefficient (Wildman–Crippen LogP) is 2.22. The molecule has 0 bridgehead atoms. The first-order valence-corrected chi connectivity index (χ1v) is 8.02. The second-order valence-electron chi connectivity index (χ2n) is 6.39. The lowest BCUT2D eigenvalue weighted by Crippen LogP contribution is -2.27. The molecule has 1 aliphatic carbocycles. The molecule has 1 aromatic rings. The fourth-order valence-electron chi connectivity index (χ4n) is 3.13. The summed E-state index contributed by atoms with van der Waals surface area (Å²) in [6.07, 6.45) is 4.17. The Morgan fingerprint density at radius 2 is 2.00 bits per heavy atom. The molecule has 1 saturated heterocycles. The van der Waals surface area contributed by atoms with E-state index in [0.717, 1.165) is 30.7 Å². The Morgan fingerprint density at radius 3 is 2.67 bits per heavy atom. The van der Waals surface area contributed by atoms with Gasteiger partial charge >= 0.3 is 0 Å². The zero-order valence-electron chi connectivity index (χ0n) is 12.8. The number of benzene rings is 1. The van der Waals surface area contributed by atoms with Crippen LogP contribution in [-0.4, -0.2) is 36.5 Å². The molecule has 0 radical (unpaired) electrons. The number of amides is 1. The second-order valence-corrected chi connectivity index (χ2v) is 6.39. The first-order valence-electron chi connectivity index (χ1n) is 8.02. The number of hydrogen-bond donors (Lipinski definition) is 2. The Labute approximate surface area is 126 Å². The fourth-order valence-corrected chi connectivity index (χ4v) is 3.13. The molecular formula is C17H25N3O. The van der Waals surface area contributed by atoms with Crippen molar-refractivity contribution in [2.45, 2.75) is 38.8 Å². The summed E-state index contributed by atoms with van der Waals surface area (Å²) < 4.78 is 0. The van der Waals surface area contributed by atoms with Crippen LogP contribution in [-0.2, 0) is 11.3 Å². The van der Waals surface area contributed by atoms with Gasteiger partial charge in [-0.25, -0.2) is 0 Å². The lowest BCUT2D eigenvalue weighted by Gasteiger charge is -2.15. The summed E-state index contributed by atoms with van der Waals surface area (Å²) in [4.78, 5) is 13.6. The van der Waals surface area contributed by atoms with Crippen molar-refractivity contribution in [2.24, 2.45) is 5.92 Å². The van der Waals surface area contributed by atoms with Crippen molar-refractivity contribution in [3.05, 3.63) is 29.8 Å². The lowest BCUT2D eigenvalue weighted by molar-refractivity contribution is -0.114. The van der Waals surface area contributed by atoms with Crippen LogP contribution in [0.4, 0.5) is 5.69 Å². The number of anilines is 1. The van der Waals surface area contributed by atoms with Crippen LogP contribution < -0.4 is 10.6 Å². The zero-order chi connectivity index (χ0) is 14.7. The number of likely N-dealkylation sites (tertiary alicyclic amines) is 1. The standard InChI is InChI=1S/C17H25N3O/c1-13(21)19-16-4-2-14(3-5-16)10-18-11-15-8-9-20(12-15)17-6-7-17/h2-5,15,17-18H,6-12H2,1H3,(H,19,21). The average Bonchev–Trinajstić information content (AvgIpc) is 3.20. The van der Waals surface area contributed by atoms with E-state index in [-0.39, 0.29) is 5.91 Å². The smallest absolute Gasteiger partial charge is 0.221 e. The van der Waals surface area contributed by atoms with Crippen molar-refractivity contribution in [3.8, 4) is 0 Å². The summed E-state index contributed by atoms with van der Waals surface area (Å²) in [6.45, 7) is 6.11. The maximum Gasteiger partial charge on any atom is 0.221 e. The number of nitrogens with zero attached hydrogens (tertiary/aromatic N) is 1. The molecule has 3 rings (SSSR count). The Balaban J connectivity index is 1.38. The highest BCUT2D eigenvalue weighted by molar-refractivity contribution is 5.88. The average molecular weight is 287 g/mol. The second kappa shape index (κ2) is 6.58. The van der Waals surface area contributed by atoms with E-state index >= 15 is 0 Å². The number of carbonyl (C=O) groups excluding carboxylic acids is 1. The van der Waals surface area contributed by atoms with Crippen molar-refractivity contribution < 1.29 is 4.79 Å². The molecule has 114 valence electrons. The molecule has 1 aliphatic heterocycles. The van der Waals surface area contributed by atoms with E-state index in [9.17, 15) is 4.79 Å². The summed E-state index contributed by atoms with van der Waals surface area (Å²) in [7, 11) is 0. The number of rotatable bonds is 6. The Morgan fingerprint density at radius 1 is 1.24 bits per heavy atom. The van der Waals surface area contributed by atoms with Crippen molar-refractivity contribution in [3.63, 3.8) is 0 Å². The maximum absolute atomic E-state index is 11.0. The van der Waals surface area contributed by atoms with Gasteiger partial charge < -0.3 is 15.5 Å². The minimum absolute atomic E-state index is 0.0256. The molecule has 4 nitrogen and oxygen atoms in total. The third-order valence-corrected chi connectivity index (χ3v) is 4.42. The van der Waals surface area contributed by atoms with Crippen LogP contribution in [0.15, 0.2) is 24.3 Å². The minimum atomic E-state index is -0.0256. The van der Waals surface area contributed by atoms with E-state index < -0.39 is 0 Å². The molecule has 0 spiro atoms. The molecule has 4 heteroatoms. The molecule has 2 fully saturated rings. The highest BCUT2D eigenvalue weighted by atomic mass is 16.1. The van der Waals surface area contributed by atoms with Gasteiger partial charge in [0.1, 0.15) is 0 Å². The van der Waals surface area contributed by atoms with Gasteiger partial charge in [-0.05, 0) is 56.0 Å². The van der Waals surface area contributed by atoms with Gasteiger partial charge in [0.25, 0.3) is 0 Å². The molecule has 1 heterocycles. The Kier molecular flexibility index (Phi) is 4.56. The highest BCUT2D eigenvalue weighted by Crippen LogP contribution is 2.31. The van der Waals surface area contributed by atoms with Crippen LogP contribution in [0.2, 0.25) is 0 Å². The Hall–Kier alpha value is -1.39. The molecule has 1 amide bonds. The maximum atomic E-state index is 11.0. The summed E-state index contributed by atoms with van der Waals surface area (Å²) in [5.41, 5.74) is 2.13. The van der Waals surface area contributed by atoms with Crippen molar-refractivity contribution in [2.75, 3.05) is 25.0 Å². The highest BCUT2D eigenvalue weighted by Gasteiger charge is 2.33. The summed E-state index contributed by atoms with van der Waals surface area (Å²) in [5.74, 6) is 0.784. The van der Waals surface area contributed by atoms with Gasteiger partial charge in [-0.2, -0.15) is 0 Å². The van der Waals surface area contributed by atoms with Gasteiger partial charge in [0.2, 0.25) is 5.91 Å². The first-order chi connectivity index (χ1) is 10.2. The van der Waals surface area contributed by atoms with Crippen LogP contribution in [0.5, 0.6) is 0 Å². The van der Waals surface area contributed by atoms with E-state index in [1.54, 1.807) is 0 Å². The van der Waals surface area contributed by atoms with Gasteiger partial charge in [0.15, 0.2) is 0 Å². The van der Waals surface area contributed by atoms with E-state index in [1.807, 2.05) is 12.1 Å². The molecule has 1 unspecified atom stereocenters. The molecule has 1 saturated carbocycles. The molecular weight excluding hydrogens is 262 g/mol. The van der Waals surface area contributed by atoms with Crippen LogP contribution in [0, 0.1) is 5.92 Å². The minimum Gasteiger partial charge on any atom is -0.326 e. The van der Waals surface area contributed by atoms with Crippen molar-refractivity contribution >= 4 is 11.6 Å². The van der Waals surface area contributed by atoms with E-state index in [1.165, 1.54) is 44.8 Å². The molecule has 1 aromatic carbocycles. The van der Waals surface area contributed by atoms with Gasteiger partial charge in [-0.3, -0.25) is 4.79 Å². The summed E-state index contributed by atoms with van der Waals surface area (Å²) >= 11 is 0. The number of carbonyl (C=O) groups is 1. The topological polar surface area (TPSA) is 44.4 Å². The quantitative estimate of drug-likeness (QED) is 0.843.